The normalized spacial score (nSPS) is 22.9. The Hall–Kier alpha value is -1.39. The molecule has 2 atom stereocenters. The van der Waals surface area contributed by atoms with Crippen molar-refractivity contribution >= 4 is 5.97 Å². The van der Waals surface area contributed by atoms with Crippen LogP contribution in [0.5, 0.6) is 0 Å². The largest absolute Gasteiger partial charge is 0.468 e. The molecule has 1 aromatic rings. The molecule has 1 N–H and O–H groups in total. The first-order valence-electron chi connectivity index (χ1n) is 8.34. The van der Waals surface area contributed by atoms with Gasteiger partial charge in [-0.05, 0) is 48.4 Å². The van der Waals surface area contributed by atoms with Crippen LogP contribution in [0.4, 0.5) is 0 Å². The number of esters is 1. The average molecular weight is 319 g/mol. The van der Waals surface area contributed by atoms with Gasteiger partial charge in [0.2, 0.25) is 0 Å². The highest BCUT2D eigenvalue weighted by Crippen LogP contribution is 2.27. The molecule has 0 spiro atoms. The zero-order valence-electron chi connectivity index (χ0n) is 14.9. The van der Waals surface area contributed by atoms with E-state index in [1.807, 2.05) is 4.90 Å². The number of rotatable bonds is 3. The number of aryl methyl sites for hydroxylation is 1. The molecule has 0 bridgehead atoms. The second-order valence-electron chi connectivity index (χ2n) is 7.55. The lowest BCUT2D eigenvalue weighted by molar-refractivity contribution is -0.154. The van der Waals surface area contributed by atoms with Crippen molar-refractivity contribution in [3.63, 3.8) is 0 Å². The van der Waals surface area contributed by atoms with Gasteiger partial charge in [0.1, 0.15) is 6.04 Å². The Morgan fingerprint density at radius 3 is 2.65 bits per heavy atom. The first-order chi connectivity index (χ1) is 10.7. The van der Waals surface area contributed by atoms with Gasteiger partial charge in [0.05, 0.1) is 13.2 Å². The van der Waals surface area contributed by atoms with Crippen LogP contribution in [0.1, 0.15) is 50.3 Å². The minimum absolute atomic E-state index is 0.123. The third kappa shape index (κ3) is 4.12. The van der Waals surface area contributed by atoms with Gasteiger partial charge in [-0.3, -0.25) is 9.69 Å². The van der Waals surface area contributed by atoms with Gasteiger partial charge in [0.25, 0.3) is 0 Å². The predicted octanol–water partition coefficient (Wildman–Crippen LogP) is 2.79. The molecule has 0 unspecified atom stereocenters. The molecule has 1 aliphatic heterocycles. The molecule has 1 aromatic carbocycles. The number of benzene rings is 1. The lowest BCUT2D eigenvalue weighted by Crippen LogP contribution is -2.52. The molecule has 4 nitrogen and oxygen atoms in total. The van der Waals surface area contributed by atoms with Gasteiger partial charge in [0, 0.05) is 6.54 Å². The Morgan fingerprint density at radius 2 is 2.09 bits per heavy atom. The summed E-state index contributed by atoms with van der Waals surface area (Å²) < 4.78 is 4.87. The standard InChI is InChI=1S/C19H29NO3/c1-13-11-14(8-9-15(13)19(2,3)4)12-20-10-6-7-16(21)17(20)18(22)23-5/h8-9,11,16-17,21H,6-7,10,12H2,1-5H3/t16-,17+/m0/s1. The van der Waals surface area contributed by atoms with Crippen molar-refractivity contribution in [1.82, 2.24) is 4.90 Å². The summed E-state index contributed by atoms with van der Waals surface area (Å²) in [5.41, 5.74) is 3.89. The summed E-state index contributed by atoms with van der Waals surface area (Å²) in [6, 6.07) is 5.94. The highest BCUT2D eigenvalue weighted by atomic mass is 16.5. The number of aliphatic hydroxyl groups excluding tert-OH is 1. The van der Waals surface area contributed by atoms with E-state index in [-0.39, 0.29) is 11.4 Å². The second-order valence-corrected chi connectivity index (χ2v) is 7.55. The van der Waals surface area contributed by atoms with Gasteiger partial charge in [-0.1, -0.05) is 39.0 Å². The highest BCUT2D eigenvalue weighted by molar-refractivity contribution is 5.76. The van der Waals surface area contributed by atoms with E-state index < -0.39 is 12.1 Å². The quantitative estimate of drug-likeness (QED) is 0.871. The number of piperidine rings is 1. The topological polar surface area (TPSA) is 49.8 Å². The van der Waals surface area contributed by atoms with Crippen molar-refractivity contribution in [2.45, 2.75) is 64.6 Å². The molecular weight excluding hydrogens is 290 g/mol. The molecule has 128 valence electrons. The molecule has 4 heteroatoms. The summed E-state index contributed by atoms with van der Waals surface area (Å²) in [6.45, 7) is 10.2. The fourth-order valence-electron chi connectivity index (χ4n) is 3.55. The molecule has 0 aliphatic carbocycles. The second kappa shape index (κ2) is 7.02. The summed E-state index contributed by atoms with van der Waals surface area (Å²) in [5, 5.41) is 10.2. The molecule has 0 radical (unpaired) electrons. The molecule has 0 amide bonds. The van der Waals surface area contributed by atoms with E-state index in [1.165, 1.54) is 23.8 Å². The lowest BCUT2D eigenvalue weighted by Gasteiger charge is -2.37. The number of likely N-dealkylation sites (tertiary alicyclic amines) is 1. The lowest BCUT2D eigenvalue weighted by atomic mass is 9.83. The van der Waals surface area contributed by atoms with Crippen LogP contribution in [-0.4, -0.2) is 41.8 Å². The van der Waals surface area contributed by atoms with Gasteiger partial charge in [-0.25, -0.2) is 0 Å². The highest BCUT2D eigenvalue weighted by Gasteiger charge is 2.36. The van der Waals surface area contributed by atoms with Crippen LogP contribution in [0, 0.1) is 6.92 Å². The number of carbonyl (C=O) groups excluding carboxylic acids is 1. The minimum atomic E-state index is -0.647. The van der Waals surface area contributed by atoms with E-state index in [9.17, 15) is 9.90 Å². The Kier molecular flexibility index (Phi) is 5.48. The van der Waals surface area contributed by atoms with Crippen LogP contribution in [0.15, 0.2) is 18.2 Å². The van der Waals surface area contributed by atoms with Crippen LogP contribution in [0.3, 0.4) is 0 Å². The van der Waals surface area contributed by atoms with Crippen LogP contribution in [0.2, 0.25) is 0 Å². The minimum Gasteiger partial charge on any atom is -0.468 e. The summed E-state index contributed by atoms with van der Waals surface area (Å²) in [7, 11) is 1.38. The monoisotopic (exact) mass is 319 g/mol. The number of aliphatic hydroxyl groups is 1. The average Bonchev–Trinajstić information content (AvgIpc) is 2.45. The zero-order valence-corrected chi connectivity index (χ0v) is 14.9. The van der Waals surface area contributed by atoms with E-state index in [4.69, 9.17) is 4.74 Å². The fraction of sp³-hybridized carbons (Fsp3) is 0.632. The number of hydrogen-bond acceptors (Lipinski definition) is 4. The van der Waals surface area contributed by atoms with Crippen molar-refractivity contribution in [1.29, 1.82) is 0 Å². The maximum absolute atomic E-state index is 12.0. The van der Waals surface area contributed by atoms with Crippen LogP contribution in [-0.2, 0) is 21.5 Å². The number of ether oxygens (including phenoxy) is 1. The summed E-state index contributed by atoms with van der Waals surface area (Å²) >= 11 is 0. The Balaban J connectivity index is 2.20. The third-order valence-corrected chi connectivity index (χ3v) is 4.63. The van der Waals surface area contributed by atoms with Crippen molar-refractivity contribution in [2.75, 3.05) is 13.7 Å². The zero-order chi connectivity index (χ0) is 17.2. The van der Waals surface area contributed by atoms with Crippen molar-refractivity contribution in [2.24, 2.45) is 0 Å². The Morgan fingerprint density at radius 1 is 1.39 bits per heavy atom. The maximum atomic E-state index is 12.0. The van der Waals surface area contributed by atoms with Crippen LogP contribution in [0.25, 0.3) is 0 Å². The van der Waals surface area contributed by atoms with Crippen molar-refractivity contribution in [3.05, 3.63) is 34.9 Å². The smallest absolute Gasteiger partial charge is 0.325 e. The molecule has 1 saturated heterocycles. The summed E-state index contributed by atoms with van der Waals surface area (Å²) in [4.78, 5) is 14.0. The Labute approximate surface area is 139 Å². The number of hydrogen-bond donors (Lipinski definition) is 1. The van der Waals surface area contributed by atoms with E-state index in [0.29, 0.717) is 13.0 Å². The van der Waals surface area contributed by atoms with Gasteiger partial charge in [-0.2, -0.15) is 0 Å². The van der Waals surface area contributed by atoms with Crippen LogP contribution >= 0.6 is 0 Å². The molecule has 2 rings (SSSR count). The van der Waals surface area contributed by atoms with Gasteiger partial charge in [-0.15, -0.1) is 0 Å². The van der Waals surface area contributed by atoms with Crippen molar-refractivity contribution in [3.8, 4) is 0 Å². The Bertz CT molecular complexity index is 562. The number of methoxy groups -OCH3 is 1. The molecule has 0 saturated carbocycles. The molecule has 0 aromatic heterocycles. The van der Waals surface area contributed by atoms with Gasteiger partial charge >= 0.3 is 5.97 Å². The van der Waals surface area contributed by atoms with E-state index in [0.717, 1.165) is 13.0 Å². The maximum Gasteiger partial charge on any atom is 0.325 e. The summed E-state index contributed by atoms with van der Waals surface area (Å²) in [6.07, 6.45) is 0.901. The third-order valence-electron chi connectivity index (χ3n) is 4.63. The molecule has 1 fully saturated rings. The first kappa shape index (κ1) is 18.0. The fourth-order valence-corrected chi connectivity index (χ4v) is 3.55. The molecular formula is C19H29NO3. The first-order valence-corrected chi connectivity index (χ1v) is 8.34. The van der Waals surface area contributed by atoms with Gasteiger partial charge < -0.3 is 9.84 Å². The van der Waals surface area contributed by atoms with Gasteiger partial charge in [0.15, 0.2) is 0 Å². The van der Waals surface area contributed by atoms with Crippen molar-refractivity contribution < 1.29 is 14.6 Å². The summed E-state index contributed by atoms with van der Waals surface area (Å²) in [5.74, 6) is -0.347. The van der Waals surface area contributed by atoms with Crippen LogP contribution < -0.4 is 0 Å². The number of nitrogens with zero attached hydrogens (tertiary/aromatic N) is 1. The number of carbonyl (C=O) groups is 1. The van der Waals surface area contributed by atoms with E-state index in [1.54, 1.807) is 0 Å². The molecule has 1 heterocycles. The molecule has 1 aliphatic rings. The van der Waals surface area contributed by atoms with E-state index >= 15 is 0 Å². The van der Waals surface area contributed by atoms with E-state index in [2.05, 4.69) is 45.9 Å². The molecule has 23 heavy (non-hydrogen) atoms. The predicted molar refractivity (Wildman–Crippen MR) is 91.3 cm³/mol. The SMILES string of the molecule is COC(=O)[C@H]1[C@@H](O)CCCN1Cc1ccc(C(C)(C)C)c(C)c1.